The summed E-state index contributed by atoms with van der Waals surface area (Å²) in [7, 11) is 0. The molecule has 0 aliphatic carbocycles. The Morgan fingerprint density at radius 2 is 2.17 bits per heavy atom. The summed E-state index contributed by atoms with van der Waals surface area (Å²) in [6, 6.07) is 0. The first-order valence-corrected chi connectivity index (χ1v) is 4.15. The Morgan fingerprint density at radius 1 is 1.50 bits per heavy atom. The molecule has 1 N–H and O–H groups in total. The van der Waals surface area contributed by atoms with Crippen LogP contribution in [-0.2, 0) is 4.74 Å². The van der Waals surface area contributed by atoms with Crippen molar-refractivity contribution in [2.24, 2.45) is 5.92 Å². The summed E-state index contributed by atoms with van der Waals surface area (Å²) in [6.07, 6.45) is -0.242. The predicted molar refractivity (Wildman–Crippen MR) is 43.7 cm³/mol. The third kappa shape index (κ3) is 9.23. The van der Waals surface area contributed by atoms with Crippen LogP contribution in [0.2, 0.25) is 0 Å². The summed E-state index contributed by atoms with van der Waals surface area (Å²) in [4.78, 5) is 9.86. The van der Waals surface area contributed by atoms with E-state index in [9.17, 15) is 9.90 Å². The highest BCUT2D eigenvalue weighted by molar-refractivity contribution is 5.61. The largest absolute Gasteiger partial charge is 0.530 e. The van der Waals surface area contributed by atoms with Crippen LogP contribution in [0.25, 0.3) is 0 Å². The molecule has 0 rings (SSSR count). The average Bonchev–Trinajstić information content (AvgIpc) is 1.95. The number of carbonyl (C=O) groups excluding carboxylic acids is 1. The summed E-state index contributed by atoms with van der Waals surface area (Å²) in [5.74, 6) is 0.624. The van der Waals surface area contributed by atoms with E-state index in [1.807, 2.05) is 0 Å². The fourth-order valence-electron chi connectivity index (χ4n) is 0.646. The number of nitrogens with one attached hydrogen (secondary N) is 1. The van der Waals surface area contributed by atoms with Gasteiger partial charge in [-0.1, -0.05) is 13.8 Å². The monoisotopic (exact) mass is 174 g/mol. The number of hydrogen-bond donors (Lipinski definition) is 1. The predicted octanol–water partition coefficient (Wildman–Crippen LogP) is -0.0180. The highest BCUT2D eigenvalue weighted by Crippen LogP contribution is 1.97. The lowest BCUT2D eigenvalue weighted by atomic mass is 10.1. The van der Waals surface area contributed by atoms with E-state index in [4.69, 9.17) is 4.74 Å². The minimum absolute atomic E-state index is 0.306. The Balaban J connectivity index is 2.96. The van der Waals surface area contributed by atoms with E-state index in [1.54, 1.807) is 0 Å². The van der Waals surface area contributed by atoms with Gasteiger partial charge in [0.1, 0.15) is 6.09 Å². The van der Waals surface area contributed by atoms with Crippen molar-refractivity contribution in [3.05, 3.63) is 0 Å². The summed E-state index contributed by atoms with van der Waals surface area (Å²) >= 11 is 0. The van der Waals surface area contributed by atoms with Gasteiger partial charge < -0.3 is 20.0 Å². The Morgan fingerprint density at radius 3 is 2.67 bits per heavy atom. The average molecular weight is 174 g/mol. The van der Waals surface area contributed by atoms with Crippen molar-refractivity contribution < 1.29 is 14.6 Å². The van der Waals surface area contributed by atoms with Crippen LogP contribution < -0.4 is 10.4 Å². The van der Waals surface area contributed by atoms with Gasteiger partial charge in [0.05, 0.1) is 6.61 Å². The molecule has 0 aliphatic rings. The smallest absolute Gasteiger partial charge is 0.134 e. The molecule has 0 unspecified atom stereocenters. The maximum atomic E-state index is 9.86. The molecule has 0 bridgehead atoms. The van der Waals surface area contributed by atoms with E-state index in [0.29, 0.717) is 25.7 Å². The van der Waals surface area contributed by atoms with E-state index in [1.165, 1.54) is 0 Å². The molecule has 0 radical (unpaired) electrons. The molecule has 12 heavy (non-hydrogen) atoms. The normalized spacial score (nSPS) is 10.2. The highest BCUT2D eigenvalue weighted by atomic mass is 16.5. The standard InChI is InChI=1S/C8H17NO3/c1-7(2)3-5-12-6-4-9-8(10)11/h7,9H,3-6H2,1-2H3,(H,10,11)/p-1. The number of amides is 1. The minimum atomic E-state index is -1.25. The lowest BCUT2D eigenvalue weighted by molar-refractivity contribution is -0.250. The molecule has 0 aromatic heterocycles. The van der Waals surface area contributed by atoms with Gasteiger partial charge in [-0.2, -0.15) is 0 Å². The van der Waals surface area contributed by atoms with E-state index >= 15 is 0 Å². The number of carbonyl (C=O) groups is 1. The van der Waals surface area contributed by atoms with E-state index in [0.717, 1.165) is 6.42 Å². The molecule has 4 heteroatoms. The van der Waals surface area contributed by atoms with Gasteiger partial charge in [-0.15, -0.1) is 0 Å². The van der Waals surface area contributed by atoms with Crippen molar-refractivity contribution in [1.29, 1.82) is 0 Å². The van der Waals surface area contributed by atoms with Crippen LogP contribution in [0.4, 0.5) is 4.79 Å². The number of rotatable bonds is 6. The van der Waals surface area contributed by atoms with Crippen molar-refractivity contribution in [2.75, 3.05) is 19.8 Å². The SMILES string of the molecule is CC(C)CCOCCNC(=O)[O-]. The Labute approximate surface area is 72.9 Å². The molecule has 0 aliphatic heterocycles. The van der Waals surface area contributed by atoms with Crippen LogP contribution in [0.5, 0.6) is 0 Å². The maximum Gasteiger partial charge on any atom is 0.134 e. The summed E-state index contributed by atoms with van der Waals surface area (Å²) in [5, 5.41) is 12.0. The van der Waals surface area contributed by atoms with Gasteiger partial charge in [-0.3, -0.25) is 0 Å². The third-order valence-electron chi connectivity index (χ3n) is 1.36. The lowest BCUT2D eigenvalue weighted by Crippen LogP contribution is -2.38. The molecule has 72 valence electrons. The molecule has 0 saturated heterocycles. The molecule has 0 fully saturated rings. The van der Waals surface area contributed by atoms with E-state index < -0.39 is 6.09 Å². The van der Waals surface area contributed by atoms with Crippen molar-refractivity contribution in [3.63, 3.8) is 0 Å². The molecule has 0 aromatic carbocycles. The van der Waals surface area contributed by atoms with Gasteiger partial charge in [0.2, 0.25) is 0 Å². The van der Waals surface area contributed by atoms with Crippen molar-refractivity contribution in [3.8, 4) is 0 Å². The molecule has 0 aromatic rings. The van der Waals surface area contributed by atoms with Gasteiger partial charge >= 0.3 is 0 Å². The van der Waals surface area contributed by atoms with Gasteiger partial charge in [0.15, 0.2) is 0 Å². The lowest BCUT2D eigenvalue weighted by Gasteiger charge is -2.08. The van der Waals surface area contributed by atoms with Crippen LogP contribution in [0, 0.1) is 5.92 Å². The summed E-state index contributed by atoms with van der Waals surface area (Å²) < 4.78 is 5.14. The zero-order chi connectivity index (χ0) is 9.40. The zero-order valence-corrected chi connectivity index (χ0v) is 7.63. The van der Waals surface area contributed by atoms with Crippen molar-refractivity contribution in [2.45, 2.75) is 20.3 Å². The molecule has 0 heterocycles. The summed E-state index contributed by atoms with van der Waals surface area (Å²) in [5.41, 5.74) is 0. The maximum absolute atomic E-state index is 9.86. The van der Waals surface area contributed by atoms with Crippen LogP contribution >= 0.6 is 0 Å². The van der Waals surface area contributed by atoms with Crippen LogP contribution in [0.1, 0.15) is 20.3 Å². The van der Waals surface area contributed by atoms with E-state index in [2.05, 4.69) is 19.2 Å². The molecule has 4 nitrogen and oxygen atoms in total. The van der Waals surface area contributed by atoms with Crippen LogP contribution in [0.3, 0.4) is 0 Å². The number of hydrogen-bond acceptors (Lipinski definition) is 3. The second-order valence-electron chi connectivity index (χ2n) is 3.01. The fourth-order valence-corrected chi connectivity index (χ4v) is 0.646. The first-order chi connectivity index (χ1) is 5.63. The highest BCUT2D eigenvalue weighted by Gasteiger charge is 1.93. The van der Waals surface area contributed by atoms with Gasteiger partial charge in [0.25, 0.3) is 0 Å². The Bertz CT molecular complexity index is 125. The minimum Gasteiger partial charge on any atom is -0.530 e. The van der Waals surface area contributed by atoms with Crippen LogP contribution in [-0.4, -0.2) is 25.9 Å². The first kappa shape index (κ1) is 11.2. The van der Waals surface area contributed by atoms with Gasteiger partial charge in [-0.05, 0) is 12.3 Å². The van der Waals surface area contributed by atoms with E-state index in [-0.39, 0.29) is 0 Å². The molecular formula is C8H16NO3-. The molecule has 0 saturated carbocycles. The summed E-state index contributed by atoms with van der Waals surface area (Å²) in [6.45, 7) is 5.64. The third-order valence-corrected chi connectivity index (χ3v) is 1.36. The molecule has 0 spiro atoms. The first-order valence-electron chi connectivity index (χ1n) is 4.15. The quantitative estimate of drug-likeness (QED) is 0.576. The second kappa shape index (κ2) is 6.91. The topological polar surface area (TPSA) is 61.4 Å². The second-order valence-corrected chi connectivity index (χ2v) is 3.01. The van der Waals surface area contributed by atoms with Gasteiger partial charge in [0, 0.05) is 13.2 Å². The number of ether oxygens (including phenoxy) is 1. The fraction of sp³-hybridized carbons (Fsp3) is 0.875. The number of carboxylic acid groups (broad SMARTS) is 1. The van der Waals surface area contributed by atoms with Crippen LogP contribution in [0.15, 0.2) is 0 Å². The Kier molecular flexibility index (Phi) is 6.47. The van der Waals surface area contributed by atoms with Crippen molar-refractivity contribution >= 4 is 6.09 Å². The molecule has 0 atom stereocenters. The zero-order valence-electron chi connectivity index (χ0n) is 7.63. The molecule has 1 amide bonds. The Hall–Kier alpha value is -0.770. The van der Waals surface area contributed by atoms with Gasteiger partial charge in [-0.25, -0.2) is 0 Å². The molecular weight excluding hydrogens is 158 g/mol. The van der Waals surface area contributed by atoms with Crippen molar-refractivity contribution in [1.82, 2.24) is 5.32 Å².